The van der Waals surface area contributed by atoms with Crippen LogP contribution in [-0.4, -0.2) is 20.7 Å². The molecule has 0 bridgehead atoms. The number of aliphatic hydroxyl groups is 1. The van der Waals surface area contributed by atoms with Crippen LogP contribution in [0, 0.1) is 44.6 Å². The summed E-state index contributed by atoms with van der Waals surface area (Å²) in [7, 11) is 0. The Kier molecular flexibility index (Phi) is 13.8. The molecule has 297 valence electrons. The van der Waals surface area contributed by atoms with Gasteiger partial charge in [0.05, 0.1) is 17.1 Å². The van der Waals surface area contributed by atoms with Crippen LogP contribution in [0.5, 0.6) is 0 Å². The number of benzene rings is 5. The van der Waals surface area contributed by atoms with Crippen molar-refractivity contribution in [3.63, 3.8) is 0 Å². The SMILES string of the molecule is CCC(C)(CC)C(=[OH+])/C=C(\O)C(C)(CC)CC.Cc1[c-]c(-c2nccc3c2ccc2c4ccc(-c5c(C)cc(C(F)(F)F)cc5C)cc4ccc32)cc(C)c1.[Ir]. The van der Waals surface area contributed by atoms with Crippen LogP contribution >= 0.6 is 0 Å². The topological polar surface area (TPSA) is 54.5 Å². The molecular formula is C49H54F3IrNO2. The van der Waals surface area contributed by atoms with Gasteiger partial charge in [-0.05, 0) is 131 Å². The fourth-order valence-corrected chi connectivity index (χ4v) is 7.49. The summed E-state index contributed by atoms with van der Waals surface area (Å²) in [6, 6.07) is 26.9. The predicted molar refractivity (Wildman–Crippen MR) is 225 cm³/mol. The standard InChI is InChI=1S/C34H25F3N.C15H28O2.Ir/c1-19-13-20(2)15-25(14-19)33-31-10-9-28-27-7-6-24(18-23(27)5-8-29(28)30(31)11-12-38-33)32-21(3)16-26(17-22(32)4)34(35,36)37;1-7-14(5,8-2)12(16)11-13(17)15(6,9-3)10-4;/h5-14,16-18H,1-4H3;11,16H,7-10H2,1-6H3;/q-1;;/p+1/b;12-11-;. The summed E-state index contributed by atoms with van der Waals surface area (Å²) in [6.07, 6.45) is 2.54. The molecule has 0 amide bonds. The second kappa shape index (κ2) is 17.4. The Labute approximate surface area is 343 Å². The van der Waals surface area contributed by atoms with Crippen molar-refractivity contribution in [2.75, 3.05) is 0 Å². The molecule has 0 saturated carbocycles. The first-order chi connectivity index (χ1) is 25.9. The monoisotopic (exact) mass is 938 g/mol. The molecule has 0 saturated heterocycles. The number of pyridine rings is 1. The van der Waals surface area contributed by atoms with Gasteiger partial charge in [-0.25, -0.2) is 0 Å². The molecule has 0 unspecified atom stereocenters. The maximum Gasteiger partial charge on any atom is 0.416 e. The number of aliphatic hydroxyl groups excluding tert-OH is 1. The molecule has 0 aliphatic rings. The number of alkyl halides is 3. The van der Waals surface area contributed by atoms with Crippen LogP contribution in [-0.2, 0) is 26.3 Å². The first-order valence-electron chi connectivity index (χ1n) is 19.3. The largest absolute Gasteiger partial charge is 0.511 e. The molecule has 56 heavy (non-hydrogen) atoms. The fraction of sp³-hybridized carbons (Fsp3) is 0.347. The van der Waals surface area contributed by atoms with Gasteiger partial charge in [0.15, 0.2) is 0 Å². The van der Waals surface area contributed by atoms with E-state index in [2.05, 4.69) is 95.3 Å². The molecule has 2 N–H and O–H groups in total. The quantitative estimate of drug-likeness (QED) is 0.0516. The van der Waals surface area contributed by atoms with Crippen LogP contribution in [0.4, 0.5) is 13.2 Å². The Balaban J connectivity index is 0.000000330. The van der Waals surface area contributed by atoms with E-state index in [1.54, 1.807) is 19.9 Å². The van der Waals surface area contributed by atoms with Crippen molar-refractivity contribution in [1.82, 2.24) is 4.98 Å². The zero-order valence-corrected chi connectivity index (χ0v) is 36.6. The van der Waals surface area contributed by atoms with Gasteiger partial charge in [0.25, 0.3) is 0 Å². The number of nitrogens with zero attached hydrogens (tertiary/aromatic N) is 1. The van der Waals surface area contributed by atoms with Gasteiger partial charge in [0, 0.05) is 31.7 Å². The zero-order chi connectivity index (χ0) is 40.5. The number of carbonyl (C=O) groups excluding carboxylic acids is 1. The molecule has 0 aliphatic carbocycles. The number of aromatic nitrogens is 1. The van der Waals surface area contributed by atoms with Crippen molar-refractivity contribution in [2.45, 2.75) is 101 Å². The predicted octanol–water partition coefficient (Wildman–Crippen LogP) is 14.6. The van der Waals surface area contributed by atoms with Crippen molar-refractivity contribution >= 4 is 38.1 Å². The number of hydrogen-bond acceptors (Lipinski definition) is 2. The summed E-state index contributed by atoms with van der Waals surface area (Å²) in [4.78, 5) is 14.9. The summed E-state index contributed by atoms with van der Waals surface area (Å²) in [6.45, 7) is 19.9. The number of allylic oxidation sites excluding steroid dienone is 2. The molecule has 5 aromatic carbocycles. The van der Waals surface area contributed by atoms with E-state index in [1.165, 1.54) is 17.7 Å². The summed E-state index contributed by atoms with van der Waals surface area (Å²) in [5.74, 6) is 0.598. The van der Waals surface area contributed by atoms with E-state index in [-0.39, 0.29) is 30.9 Å². The first-order valence-corrected chi connectivity index (χ1v) is 19.3. The van der Waals surface area contributed by atoms with Crippen LogP contribution in [0.1, 0.15) is 95.0 Å². The Morgan fingerprint density at radius 1 is 0.714 bits per heavy atom. The van der Waals surface area contributed by atoms with E-state index >= 15 is 0 Å². The molecule has 0 atom stereocenters. The Hall–Kier alpha value is -4.32. The van der Waals surface area contributed by atoms with Gasteiger partial charge in [-0.15, -0.1) is 34.9 Å². The van der Waals surface area contributed by atoms with E-state index in [0.29, 0.717) is 22.7 Å². The maximum absolute atomic E-state index is 13.3. The smallest absolute Gasteiger partial charge is 0.416 e. The van der Waals surface area contributed by atoms with Gasteiger partial charge in [-0.3, -0.25) is 4.79 Å². The van der Waals surface area contributed by atoms with E-state index in [4.69, 9.17) is 4.98 Å². The van der Waals surface area contributed by atoms with Crippen LogP contribution in [0.3, 0.4) is 0 Å². The van der Waals surface area contributed by atoms with E-state index < -0.39 is 11.7 Å². The van der Waals surface area contributed by atoms with Gasteiger partial charge in [0.1, 0.15) is 5.76 Å². The van der Waals surface area contributed by atoms with Crippen molar-refractivity contribution in [3.05, 3.63) is 125 Å². The molecule has 7 heteroatoms. The minimum atomic E-state index is -4.36. The maximum atomic E-state index is 13.3. The van der Waals surface area contributed by atoms with Crippen LogP contribution < -0.4 is 0 Å². The average molecular weight is 938 g/mol. The molecule has 1 heterocycles. The summed E-state index contributed by atoms with van der Waals surface area (Å²) in [5, 5.41) is 16.8. The minimum Gasteiger partial charge on any atom is -0.511 e. The average Bonchev–Trinajstić information content (AvgIpc) is 3.15. The normalized spacial score (nSPS) is 12.4. The molecule has 6 aromatic rings. The molecule has 0 spiro atoms. The molecular weight excluding hydrogens is 884 g/mol. The fourth-order valence-electron chi connectivity index (χ4n) is 7.49. The van der Waals surface area contributed by atoms with Crippen molar-refractivity contribution in [2.24, 2.45) is 10.8 Å². The number of aryl methyl sites for hydroxylation is 4. The molecule has 0 aliphatic heterocycles. The Morgan fingerprint density at radius 2 is 1.25 bits per heavy atom. The summed E-state index contributed by atoms with van der Waals surface area (Å²) >= 11 is 0. The Morgan fingerprint density at radius 3 is 1.82 bits per heavy atom. The minimum absolute atomic E-state index is 0. The van der Waals surface area contributed by atoms with Gasteiger partial charge < -0.3 is 10.1 Å². The second-order valence-electron chi connectivity index (χ2n) is 15.6. The van der Waals surface area contributed by atoms with E-state index in [0.717, 1.165) is 85.9 Å². The molecule has 6 rings (SSSR count). The summed E-state index contributed by atoms with van der Waals surface area (Å²) < 4.78 is 39.9. The first kappa shape index (κ1) is 44.4. The second-order valence-corrected chi connectivity index (χ2v) is 15.6. The van der Waals surface area contributed by atoms with Crippen molar-refractivity contribution in [3.8, 4) is 22.4 Å². The number of halogens is 3. The molecule has 1 radical (unpaired) electrons. The van der Waals surface area contributed by atoms with Gasteiger partial charge in [-0.2, -0.15) is 13.2 Å². The molecule has 0 fully saturated rings. The third-order valence-electron chi connectivity index (χ3n) is 11.9. The number of rotatable bonds is 9. The van der Waals surface area contributed by atoms with Crippen LogP contribution in [0.2, 0.25) is 0 Å². The van der Waals surface area contributed by atoms with Gasteiger partial charge >= 0.3 is 12.0 Å². The summed E-state index contributed by atoms with van der Waals surface area (Å²) in [5.41, 5.74) is 6.10. The molecule has 3 nitrogen and oxygen atoms in total. The third-order valence-corrected chi connectivity index (χ3v) is 11.9. The van der Waals surface area contributed by atoms with E-state index in [9.17, 15) is 23.1 Å². The third kappa shape index (κ3) is 8.95. The zero-order valence-electron chi connectivity index (χ0n) is 34.2. The number of ketones is 1. The molecule has 1 aromatic heterocycles. The van der Waals surface area contributed by atoms with Crippen molar-refractivity contribution in [1.29, 1.82) is 0 Å². The van der Waals surface area contributed by atoms with Gasteiger partial charge in [0.2, 0.25) is 0 Å². The number of hydrogen-bond donors (Lipinski definition) is 1. The van der Waals surface area contributed by atoms with Crippen LogP contribution in [0.25, 0.3) is 54.7 Å². The van der Waals surface area contributed by atoms with Crippen LogP contribution in [0.15, 0.2) is 90.8 Å². The van der Waals surface area contributed by atoms with Gasteiger partial charge in [-0.1, -0.05) is 84.9 Å². The van der Waals surface area contributed by atoms with E-state index in [1.807, 2.05) is 33.0 Å². The number of fused-ring (bicyclic) bond motifs is 5. The Bertz CT molecular complexity index is 2380. The van der Waals surface area contributed by atoms with Crippen molar-refractivity contribution < 1.29 is 43.2 Å².